The zero-order chi connectivity index (χ0) is 7.02. The number of rotatable bonds is 0. The second kappa shape index (κ2) is 3.47. The minimum atomic E-state index is 0.873. The fraction of sp³-hybridized carbons (Fsp3) is 1.00. The van der Waals surface area contributed by atoms with Crippen LogP contribution in [0, 0.1) is 0 Å². The number of thioether (sulfide) groups is 1. The van der Waals surface area contributed by atoms with Crippen molar-refractivity contribution in [3.63, 3.8) is 0 Å². The predicted molar refractivity (Wildman–Crippen MR) is 49.5 cm³/mol. The molecule has 1 fully saturated rings. The molecule has 0 aromatic carbocycles. The van der Waals surface area contributed by atoms with Gasteiger partial charge >= 0.3 is 0 Å². The maximum Gasteiger partial charge on any atom is 0.258 e. The minimum Gasteiger partial charge on any atom is -0.150 e. The zero-order valence-corrected chi connectivity index (χ0v) is 10.8. The molecule has 0 spiro atoms. The van der Waals surface area contributed by atoms with Gasteiger partial charge in [0.2, 0.25) is 0 Å². The van der Waals surface area contributed by atoms with Gasteiger partial charge in [0.1, 0.15) is 0 Å². The SMILES string of the molecule is CC1SC(C)C([IH+])C1I. The Morgan fingerprint density at radius 2 is 1.89 bits per heavy atom. The highest BCUT2D eigenvalue weighted by molar-refractivity contribution is 14.1. The van der Waals surface area contributed by atoms with Crippen LogP contribution in [-0.2, 0) is 0 Å². The zero-order valence-electron chi connectivity index (χ0n) is 5.50. The topological polar surface area (TPSA) is 0 Å². The van der Waals surface area contributed by atoms with Crippen molar-refractivity contribution < 1.29 is 22.6 Å². The van der Waals surface area contributed by atoms with E-state index < -0.39 is 0 Å². The highest BCUT2D eigenvalue weighted by Gasteiger charge is 2.41. The molecule has 54 valence electrons. The number of hydrogen-bond acceptors (Lipinski definition) is 1. The lowest BCUT2D eigenvalue weighted by Crippen LogP contribution is -3.40. The van der Waals surface area contributed by atoms with Crippen LogP contribution in [0.5, 0.6) is 0 Å². The van der Waals surface area contributed by atoms with Gasteiger partial charge in [-0.2, -0.15) is 0 Å². The first-order valence-corrected chi connectivity index (χ1v) is 6.61. The standard InChI is InChI=1S/C6H11I2S/c1-3-5(7)6(8)4(2)9-3/h3-7H,1-2H3/q+1. The molecule has 0 saturated carbocycles. The third kappa shape index (κ3) is 1.89. The van der Waals surface area contributed by atoms with E-state index in [1.54, 1.807) is 0 Å². The molecule has 0 amide bonds. The Bertz CT molecular complexity index is 95.2. The summed E-state index contributed by atoms with van der Waals surface area (Å²) in [6.45, 7) is 4.68. The molecule has 0 aliphatic carbocycles. The maximum atomic E-state index is 2.58. The number of hydrogen-bond donors (Lipinski definition) is 0. The van der Waals surface area contributed by atoms with E-state index in [-0.39, 0.29) is 0 Å². The highest BCUT2D eigenvalue weighted by atomic mass is 127. The third-order valence-electron chi connectivity index (χ3n) is 1.65. The van der Waals surface area contributed by atoms with Crippen LogP contribution < -0.4 is 22.6 Å². The highest BCUT2D eigenvalue weighted by Crippen LogP contribution is 2.35. The molecule has 0 aromatic heterocycles. The molecule has 0 aromatic rings. The van der Waals surface area contributed by atoms with Gasteiger partial charge in [0.05, 0.1) is 3.92 Å². The molecule has 3 heteroatoms. The summed E-state index contributed by atoms with van der Waals surface area (Å²) in [6, 6.07) is 0. The minimum absolute atomic E-state index is 0.873. The van der Waals surface area contributed by atoms with E-state index in [0.717, 1.165) is 18.3 Å². The monoisotopic (exact) mass is 369 g/mol. The normalized spacial score (nSPS) is 52.0. The third-order valence-corrected chi connectivity index (χ3v) is 9.50. The summed E-state index contributed by atoms with van der Waals surface area (Å²) in [7, 11) is 0. The Morgan fingerprint density at radius 1 is 1.33 bits per heavy atom. The van der Waals surface area contributed by atoms with Crippen molar-refractivity contribution in [3.8, 4) is 0 Å². The smallest absolute Gasteiger partial charge is 0.150 e. The van der Waals surface area contributed by atoms with E-state index >= 15 is 0 Å². The van der Waals surface area contributed by atoms with Crippen LogP contribution in [0.15, 0.2) is 0 Å². The molecule has 4 unspecified atom stereocenters. The molecule has 0 nitrogen and oxygen atoms in total. The summed E-state index contributed by atoms with van der Waals surface area (Å²) in [6.07, 6.45) is 0. The van der Waals surface area contributed by atoms with Crippen molar-refractivity contribution in [2.24, 2.45) is 0 Å². The van der Waals surface area contributed by atoms with Gasteiger partial charge < -0.3 is 0 Å². The molecule has 0 radical (unpaired) electrons. The first-order valence-electron chi connectivity index (χ1n) is 3.08. The lowest BCUT2D eigenvalue weighted by molar-refractivity contribution is -0.414. The Kier molecular flexibility index (Phi) is 3.43. The van der Waals surface area contributed by atoms with Crippen molar-refractivity contribution in [2.75, 3.05) is 0 Å². The summed E-state index contributed by atoms with van der Waals surface area (Å²) in [5.41, 5.74) is 0. The molecule has 9 heavy (non-hydrogen) atoms. The average molecular weight is 369 g/mol. The largest absolute Gasteiger partial charge is 0.258 e. The molecular weight excluding hydrogens is 358 g/mol. The van der Waals surface area contributed by atoms with Gasteiger partial charge in [-0.25, -0.2) is 0 Å². The van der Waals surface area contributed by atoms with E-state index in [2.05, 4.69) is 70.8 Å². The lowest BCUT2D eigenvalue weighted by Gasteiger charge is -2.02. The van der Waals surface area contributed by atoms with Gasteiger partial charge in [0.15, 0.2) is 3.92 Å². The van der Waals surface area contributed by atoms with Crippen LogP contribution in [0.2, 0.25) is 0 Å². The molecular formula is C6H11I2S+. The second-order valence-corrected chi connectivity index (χ2v) is 7.21. The van der Waals surface area contributed by atoms with Crippen molar-refractivity contribution >= 4 is 34.4 Å². The van der Waals surface area contributed by atoms with Gasteiger partial charge in [0.25, 0.3) is 22.6 Å². The molecule has 1 saturated heterocycles. The summed E-state index contributed by atoms with van der Waals surface area (Å²) in [4.78, 5) is 0. The van der Waals surface area contributed by atoms with E-state index in [1.807, 2.05) is 0 Å². The molecule has 0 bridgehead atoms. The van der Waals surface area contributed by atoms with Crippen LogP contribution in [0.25, 0.3) is 0 Å². The molecule has 4 atom stereocenters. The average Bonchev–Trinajstić information content (AvgIpc) is 1.98. The molecule has 1 aliphatic heterocycles. The number of halogens is 2. The Labute approximate surface area is 88.2 Å². The van der Waals surface area contributed by atoms with Gasteiger partial charge in [-0.15, -0.1) is 11.8 Å². The predicted octanol–water partition coefficient (Wildman–Crippen LogP) is -1.03. The Morgan fingerprint density at radius 3 is 2.00 bits per heavy atom. The van der Waals surface area contributed by atoms with Crippen LogP contribution >= 0.6 is 34.4 Å². The van der Waals surface area contributed by atoms with Crippen molar-refractivity contribution in [1.82, 2.24) is 0 Å². The quantitative estimate of drug-likeness (QED) is 0.389. The van der Waals surface area contributed by atoms with Crippen molar-refractivity contribution in [1.29, 1.82) is 0 Å². The lowest BCUT2D eigenvalue weighted by atomic mass is 10.2. The van der Waals surface area contributed by atoms with Gasteiger partial charge in [-0.05, 0) is 6.92 Å². The second-order valence-electron chi connectivity index (χ2n) is 2.46. The van der Waals surface area contributed by atoms with E-state index in [9.17, 15) is 0 Å². The maximum absolute atomic E-state index is 2.58. The van der Waals surface area contributed by atoms with Crippen LogP contribution in [-0.4, -0.2) is 18.3 Å². The summed E-state index contributed by atoms with van der Waals surface area (Å²) in [5.74, 6) is 0. The van der Waals surface area contributed by atoms with E-state index in [4.69, 9.17) is 0 Å². The fourth-order valence-corrected chi connectivity index (χ4v) is 5.28. The molecule has 1 rings (SSSR count). The number of alkyl halides is 2. The van der Waals surface area contributed by atoms with Gasteiger partial charge in [-0.3, -0.25) is 0 Å². The molecule has 1 heterocycles. The summed E-state index contributed by atoms with van der Waals surface area (Å²) >= 11 is 7.00. The summed E-state index contributed by atoms with van der Waals surface area (Å²) in [5, 5.41) is 1.75. The Hall–Kier alpha value is 1.81. The van der Waals surface area contributed by atoms with Gasteiger partial charge in [0, 0.05) is 10.5 Å². The van der Waals surface area contributed by atoms with Gasteiger partial charge in [-0.1, -0.05) is 29.5 Å². The fourth-order valence-electron chi connectivity index (χ4n) is 1.02. The van der Waals surface area contributed by atoms with Crippen molar-refractivity contribution in [2.45, 2.75) is 32.2 Å². The first-order chi connectivity index (χ1) is 4.13. The van der Waals surface area contributed by atoms with E-state index in [1.165, 1.54) is 0 Å². The molecule has 1 aliphatic rings. The van der Waals surface area contributed by atoms with Crippen LogP contribution in [0.3, 0.4) is 0 Å². The van der Waals surface area contributed by atoms with Crippen molar-refractivity contribution in [3.05, 3.63) is 0 Å². The first kappa shape index (κ1) is 8.90. The van der Waals surface area contributed by atoms with E-state index in [0.29, 0.717) is 0 Å². The van der Waals surface area contributed by atoms with Crippen LogP contribution in [0.1, 0.15) is 13.8 Å². The summed E-state index contributed by atoms with van der Waals surface area (Å²) < 4.78 is 1.81. The van der Waals surface area contributed by atoms with Crippen LogP contribution in [0.4, 0.5) is 0 Å². The Balaban J connectivity index is 2.54. The molecule has 0 N–H and O–H groups in total.